The molecule has 0 radical (unpaired) electrons. The number of benzene rings is 1. The summed E-state index contributed by atoms with van der Waals surface area (Å²) in [4.78, 5) is 33.3. The van der Waals surface area contributed by atoms with Crippen LogP contribution in [0, 0.1) is 22.0 Å². The van der Waals surface area contributed by atoms with E-state index in [4.69, 9.17) is 0 Å². The predicted octanol–water partition coefficient (Wildman–Crippen LogP) is 0.866. The van der Waals surface area contributed by atoms with Crippen molar-refractivity contribution in [3.8, 4) is 0 Å². The fourth-order valence-corrected chi connectivity index (χ4v) is 2.30. The lowest BCUT2D eigenvalue weighted by Gasteiger charge is -2.28. The number of rotatable bonds is 4. The number of carbonyl (C=O) groups is 2. The van der Waals surface area contributed by atoms with Gasteiger partial charge in [0, 0.05) is 29.7 Å². The summed E-state index contributed by atoms with van der Waals surface area (Å²) in [5.74, 6) is -3.36. The smallest absolute Gasteiger partial charge is 0.271 e. The van der Waals surface area contributed by atoms with Crippen LogP contribution in [0.25, 0.3) is 0 Å². The van der Waals surface area contributed by atoms with Crippen LogP contribution < -0.4 is 10.4 Å². The standard InChI is InChI=1S/C14H14N2O5/c17-13(11-6-1-2-7-12(11)14(18)19)15-9-4-3-5-10(8-9)16(20)21/h1-5,8,11-12H,6-7H2,(H,15,17)(H,18,19)/p-1/t11-,12+/m1/s1. The second-order valence-corrected chi connectivity index (χ2v) is 4.77. The van der Waals surface area contributed by atoms with Crippen molar-refractivity contribution in [1.82, 2.24) is 0 Å². The summed E-state index contributed by atoms with van der Waals surface area (Å²) in [5.41, 5.74) is 0.119. The molecule has 7 heteroatoms. The lowest BCUT2D eigenvalue weighted by molar-refractivity contribution is -0.384. The first-order valence-corrected chi connectivity index (χ1v) is 6.40. The highest BCUT2D eigenvalue weighted by molar-refractivity contribution is 5.95. The van der Waals surface area contributed by atoms with Gasteiger partial charge in [0.25, 0.3) is 5.69 Å². The zero-order chi connectivity index (χ0) is 15.4. The number of carbonyl (C=O) groups excluding carboxylic acids is 2. The second kappa shape index (κ2) is 6.17. The quantitative estimate of drug-likeness (QED) is 0.502. The van der Waals surface area contributed by atoms with Crippen molar-refractivity contribution in [2.45, 2.75) is 12.8 Å². The van der Waals surface area contributed by atoms with Crippen LogP contribution in [-0.2, 0) is 9.59 Å². The van der Waals surface area contributed by atoms with E-state index in [9.17, 15) is 24.8 Å². The van der Waals surface area contributed by atoms with Crippen molar-refractivity contribution >= 4 is 23.3 Å². The van der Waals surface area contributed by atoms with Crippen molar-refractivity contribution < 1.29 is 19.6 Å². The van der Waals surface area contributed by atoms with Gasteiger partial charge in [0.2, 0.25) is 5.91 Å². The summed E-state index contributed by atoms with van der Waals surface area (Å²) in [5, 5.41) is 24.3. The molecule has 110 valence electrons. The molecule has 0 heterocycles. The maximum atomic E-state index is 12.2. The van der Waals surface area contributed by atoms with Gasteiger partial charge in [-0.25, -0.2) is 0 Å². The fourth-order valence-electron chi connectivity index (χ4n) is 2.30. The Morgan fingerprint density at radius 3 is 2.48 bits per heavy atom. The number of hydrogen-bond acceptors (Lipinski definition) is 5. The van der Waals surface area contributed by atoms with Crippen LogP contribution in [0.3, 0.4) is 0 Å². The van der Waals surface area contributed by atoms with Gasteiger partial charge in [-0.3, -0.25) is 14.9 Å². The molecule has 1 N–H and O–H groups in total. The molecular weight excluding hydrogens is 276 g/mol. The number of nitro benzene ring substituents is 1. The highest BCUT2D eigenvalue weighted by Gasteiger charge is 2.29. The number of amides is 1. The molecule has 0 aliphatic heterocycles. The minimum Gasteiger partial charge on any atom is -0.550 e. The van der Waals surface area contributed by atoms with Gasteiger partial charge in [0.05, 0.1) is 10.8 Å². The van der Waals surface area contributed by atoms with Crippen LogP contribution in [0.4, 0.5) is 11.4 Å². The van der Waals surface area contributed by atoms with Crippen molar-refractivity contribution in [1.29, 1.82) is 0 Å². The molecule has 0 unspecified atom stereocenters. The number of nitrogens with zero attached hydrogens (tertiary/aromatic N) is 1. The number of aliphatic carboxylic acids is 1. The Labute approximate surface area is 120 Å². The van der Waals surface area contributed by atoms with E-state index in [1.54, 1.807) is 12.2 Å². The molecule has 0 bridgehead atoms. The van der Waals surface area contributed by atoms with E-state index in [0.717, 1.165) is 0 Å². The Hall–Kier alpha value is -2.70. The van der Waals surface area contributed by atoms with Crippen LogP contribution in [0.1, 0.15) is 12.8 Å². The molecule has 1 aliphatic rings. The van der Waals surface area contributed by atoms with Gasteiger partial charge in [-0.2, -0.15) is 0 Å². The van der Waals surface area contributed by atoms with Crippen LogP contribution in [0.2, 0.25) is 0 Å². The van der Waals surface area contributed by atoms with Gasteiger partial charge in [-0.05, 0) is 18.9 Å². The van der Waals surface area contributed by atoms with Crippen LogP contribution in [0.5, 0.6) is 0 Å². The predicted molar refractivity (Wildman–Crippen MR) is 72.1 cm³/mol. The van der Waals surface area contributed by atoms with Crippen LogP contribution in [-0.4, -0.2) is 16.8 Å². The molecule has 1 aromatic rings. The largest absolute Gasteiger partial charge is 0.550 e. The number of nitrogens with one attached hydrogen (secondary N) is 1. The number of nitro groups is 1. The third-order valence-electron chi connectivity index (χ3n) is 3.40. The summed E-state index contributed by atoms with van der Waals surface area (Å²) < 4.78 is 0. The van der Waals surface area contributed by atoms with E-state index < -0.39 is 28.6 Å². The van der Waals surface area contributed by atoms with Gasteiger partial charge >= 0.3 is 0 Å². The minimum atomic E-state index is -1.27. The Morgan fingerprint density at radius 1 is 1.19 bits per heavy atom. The first kappa shape index (κ1) is 14.7. The highest BCUT2D eigenvalue weighted by Crippen LogP contribution is 2.27. The van der Waals surface area contributed by atoms with Crippen molar-refractivity contribution in [3.63, 3.8) is 0 Å². The Morgan fingerprint density at radius 2 is 1.86 bits per heavy atom. The Kier molecular flexibility index (Phi) is 4.32. The average molecular weight is 289 g/mol. The van der Waals surface area contributed by atoms with Gasteiger partial charge < -0.3 is 15.2 Å². The summed E-state index contributed by atoms with van der Waals surface area (Å²) in [7, 11) is 0. The molecule has 0 spiro atoms. The highest BCUT2D eigenvalue weighted by atomic mass is 16.6. The van der Waals surface area contributed by atoms with Gasteiger partial charge in [-0.15, -0.1) is 0 Å². The topological polar surface area (TPSA) is 112 Å². The average Bonchev–Trinajstić information content (AvgIpc) is 2.47. The van der Waals surface area contributed by atoms with E-state index >= 15 is 0 Å². The van der Waals surface area contributed by atoms with E-state index in [0.29, 0.717) is 6.42 Å². The summed E-state index contributed by atoms with van der Waals surface area (Å²) >= 11 is 0. The van der Waals surface area contributed by atoms with Crippen LogP contribution >= 0.6 is 0 Å². The molecule has 1 aromatic carbocycles. The monoisotopic (exact) mass is 289 g/mol. The lowest BCUT2D eigenvalue weighted by atomic mass is 9.82. The molecule has 0 fully saturated rings. The molecular formula is C14H13N2O5-. The molecule has 2 rings (SSSR count). The number of carboxylic acid groups (broad SMARTS) is 1. The first-order chi connectivity index (χ1) is 9.99. The number of anilines is 1. The summed E-state index contributed by atoms with van der Waals surface area (Å²) in [6.07, 6.45) is 4.00. The summed E-state index contributed by atoms with van der Waals surface area (Å²) in [6, 6.07) is 5.50. The van der Waals surface area contributed by atoms with E-state index in [2.05, 4.69) is 5.32 Å². The number of non-ortho nitro benzene ring substituents is 1. The van der Waals surface area contributed by atoms with Crippen LogP contribution in [0.15, 0.2) is 36.4 Å². The molecule has 1 aliphatic carbocycles. The Balaban J connectivity index is 2.13. The summed E-state index contributed by atoms with van der Waals surface area (Å²) in [6.45, 7) is 0. The Bertz CT molecular complexity index is 611. The molecule has 0 saturated carbocycles. The third kappa shape index (κ3) is 3.44. The third-order valence-corrected chi connectivity index (χ3v) is 3.40. The number of carboxylic acids is 1. The lowest BCUT2D eigenvalue weighted by Crippen LogP contribution is -2.41. The fraction of sp³-hybridized carbons (Fsp3) is 0.286. The zero-order valence-corrected chi connectivity index (χ0v) is 11.0. The molecule has 7 nitrogen and oxygen atoms in total. The number of allylic oxidation sites excluding steroid dienone is 2. The SMILES string of the molecule is O=C([O-])[C@H]1CC=CC[C@H]1C(=O)Nc1cccc([N+](=O)[O-])c1. The maximum absolute atomic E-state index is 12.2. The first-order valence-electron chi connectivity index (χ1n) is 6.40. The number of hydrogen-bond donors (Lipinski definition) is 1. The second-order valence-electron chi connectivity index (χ2n) is 4.77. The molecule has 21 heavy (non-hydrogen) atoms. The minimum absolute atomic E-state index is 0.146. The zero-order valence-electron chi connectivity index (χ0n) is 11.0. The molecule has 0 saturated heterocycles. The van der Waals surface area contributed by atoms with Crippen molar-refractivity contribution in [2.24, 2.45) is 11.8 Å². The van der Waals surface area contributed by atoms with Crippen molar-refractivity contribution in [2.75, 3.05) is 5.32 Å². The van der Waals surface area contributed by atoms with E-state index in [1.165, 1.54) is 24.3 Å². The van der Waals surface area contributed by atoms with E-state index in [1.807, 2.05) is 0 Å². The molecule has 0 aromatic heterocycles. The molecule has 1 amide bonds. The van der Waals surface area contributed by atoms with Gasteiger partial charge in [0.1, 0.15) is 0 Å². The van der Waals surface area contributed by atoms with Crippen molar-refractivity contribution in [3.05, 3.63) is 46.5 Å². The molecule has 2 atom stereocenters. The van der Waals surface area contributed by atoms with Gasteiger partial charge in [-0.1, -0.05) is 18.2 Å². The normalized spacial score (nSPS) is 20.8. The van der Waals surface area contributed by atoms with E-state index in [-0.39, 0.29) is 17.8 Å². The van der Waals surface area contributed by atoms with Gasteiger partial charge in [0.15, 0.2) is 0 Å². The maximum Gasteiger partial charge on any atom is 0.271 e.